The minimum Gasteiger partial charge on any atom is -0.352 e. The molecule has 3 aromatic rings. The van der Waals surface area contributed by atoms with Gasteiger partial charge in [0, 0.05) is 37.7 Å². The molecule has 2 amide bonds. The van der Waals surface area contributed by atoms with Gasteiger partial charge < -0.3 is 15.2 Å². The first-order valence-electron chi connectivity index (χ1n) is 9.95. The third-order valence-corrected chi connectivity index (χ3v) is 6.54. The van der Waals surface area contributed by atoms with Crippen molar-refractivity contribution >= 4 is 58.2 Å². The second kappa shape index (κ2) is 11.3. The van der Waals surface area contributed by atoms with Gasteiger partial charge in [0.2, 0.25) is 5.91 Å². The predicted octanol–water partition coefficient (Wildman–Crippen LogP) is 4.04. The Morgan fingerprint density at radius 2 is 1.91 bits per heavy atom. The number of hydrogen-bond acceptors (Lipinski definition) is 7. The van der Waals surface area contributed by atoms with Gasteiger partial charge in [-0.3, -0.25) is 19.7 Å². The Labute approximate surface area is 209 Å². The molecule has 2 N–H and O–H groups in total. The fourth-order valence-electron chi connectivity index (χ4n) is 2.89. The van der Waals surface area contributed by atoms with Gasteiger partial charge in [-0.05, 0) is 30.7 Å². The van der Waals surface area contributed by atoms with Gasteiger partial charge in [-0.15, -0.1) is 10.2 Å². The molecule has 1 aromatic heterocycles. The fraction of sp³-hybridized carbons (Fsp3) is 0.238. The molecule has 178 valence electrons. The molecule has 2 aromatic carbocycles. The summed E-state index contributed by atoms with van der Waals surface area (Å²) in [6.45, 7) is 2.07. The number of rotatable bonds is 9. The maximum absolute atomic E-state index is 12.3. The van der Waals surface area contributed by atoms with Gasteiger partial charge in [-0.25, -0.2) is 0 Å². The number of anilines is 1. The molecule has 0 saturated heterocycles. The highest BCUT2D eigenvalue weighted by atomic mass is 35.5. The summed E-state index contributed by atoms with van der Waals surface area (Å²) in [5.41, 5.74) is 1.40. The number of amides is 2. The summed E-state index contributed by atoms with van der Waals surface area (Å²) in [5, 5.41) is 25.8. The van der Waals surface area contributed by atoms with Crippen molar-refractivity contribution in [2.75, 3.05) is 17.6 Å². The Bertz CT molecular complexity index is 1250. The number of aryl methyl sites for hydroxylation is 1. The molecule has 0 aliphatic rings. The lowest BCUT2D eigenvalue weighted by molar-refractivity contribution is -0.384. The Morgan fingerprint density at radius 1 is 1.15 bits per heavy atom. The van der Waals surface area contributed by atoms with Crippen LogP contribution in [0.5, 0.6) is 0 Å². The Balaban J connectivity index is 1.51. The van der Waals surface area contributed by atoms with Crippen molar-refractivity contribution in [3.8, 4) is 0 Å². The normalized spacial score (nSPS) is 10.7. The second-order valence-corrected chi connectivity index (χ2v) is 8.94. The number of nitro groups is 1. The number of hydrogen-bond donors (Lipinski definition) is 2. The highest BCUT2D eigenvalue weighted by Crippen LogP contribution is 2.24. The average molecular weight is 523 g/mol. The van der Waals surface area contributed by atoms with Crippen LogP contribution in [0.15, 0.2) is 41.6 Å². The summed E-state index contributed by atoms with van der Waals surface area (Å²) in [5.74, 6) is 0.0599. The van der Waals surface area contributed by atoms with E-state index in [1.165, 1.54) is 30.0 Å². The molecule has 13 heteroatoms. The van der Waals surface area contributed by atoms with Crippen LogP contribution < -0.4 is 10.6 Å². The van der Waals surface area contributed by atoms with Crippen molar-refractivity contribution in [3.63, 3.8) is 0 Å². The van der Waals surface area contributed by atoms with Crippen LogP contribution in [0.3, 0.4) is 0 Å². The summed E-state index contributed by atoms with van der Waals surface area (Å²) in [6.07, 6.45) is 0.427. The SMILES string of the molecule is Cc1ccc([N+](=O)[O-])cc1NC(=O)CSc1nnc(CCNC(=O)c2ccc(Cl)c(Cl)c2)n1C. The van der Waals surface area contributed by atoms with Crippen LogP contribution in [-0.2, 0) is 18.3 Å². The molecule has 0 radical (unpaired) electrons. The average Bonchev–Trinajstić information content (AvgIpc) is 3.14. The lowest BCUT2D eigenvalue weighted by Gasteiger charge is -2.08. The zero-order valence-corrected chi connectivity index (χ0v) is 20.5. The lowest BCUT2D eigenvalue weighted by atomic mass is 10.2. The molecule has 0 unspecified atom stereocenters. The van der Waals surface area contributed by atoms with E-state index in [0.29, 0.717) is 50.8 Å². The molecule has 0 spiro atoms. The van der Waals surface area contributed by atoms with Crippen LogP contribution >= 0.6 is 35.0 Å². The minimum atomic E-state index is -0.516. The monoisotopic (exact) mass is 522 g/mol. The number of halogens is 2. The Morgan fingerprint density at radius 3 is 2.62 bits per heavy atom. The van der Waals surface area contributed by atoms with E-state index in [9.17, 15) is 19.7 Å². The van der Waals surface area contributed by atoms with Gasteiger partial charge >= 0.3 is 0 Å². The van der Waals surface area contributed by atoms with E-state index in [-0.39, 0.29) is 23.3 Å². The fourth-order valence-corrected chi connectivity index (χ4v) is 3.92. The Hall–Kier alpha value is -3.15. The van der Waals surface area contributed by atoms with Gasteiger partial charge in [-0.2, -0.15) is 0 Å². The van der Waals surface area contributed by atoms with E-state index in [4.69, 9.17) is 23.2 Å². The number of nitro benzene ring substituents is 1. The first-order valence-corrected chi connectivity index (χ1v) is 11.7. The number of nitrogens with zero attached hydrogens (tertiary/aromatic N) is 4. The van der Waals surface area contributed by atoms with Crippen LogP contribution in [0, 0.1) is 17.0 Å². The number of carbonyl (C=O) groups is 2. The van der Waals surface area contributed by atoms with Gasteiger partial charge in [0.15, 0.2) is 5.16 Å². The van der Waals surface area contributed by atoms with E-state index in [1.807, 2.05) is 0 Å². The molecule has 0 aliphatic carbocycles. The molecule has 10 nitrogen and oxygen atoms in total. The zero-order valence-electron chi connectivity index (χ0n) is 18.2. The highest BCUT2D eigenvalue weighted by molar-refractivity contribution is 7.99. The van der Waals surface area contributed by atoms with Crippen LogP contribution in [-0.4, -0.2) is 43.8 Å². The molecule has 0 atom stereocenters. The molecular formula is C21H20Cl2N6O4S. The third kappa shape index (κ3) is 6.46. The quantitative estimate of drug-likeness (QED) is 0.246. The summed E-state index contributed by atoms with van der Waals surface area (Å²) in [6, 6.07) is 8.92. The van der Waals surface area contributed by atoms with Crippen molar-refractivity contribution in [2.24, 2.45) is 7.05 Å². The predicted molar refractivity (Wildman–Crippen MR) is 131 cm³/mol. The van der Waals surface area contributed by atoms with E-state index in [2.05, 4.69) is 20.8 Å². The van der Waals surface area contributed by atoms with Gasteiger partial charge in [0.05, 0.1) is 26.4 Å². The summed E-state index contributed by atoms with van der Waals surface area (Å²) >= 11 is 13.0. The largest absolute Gasteiger partial charge is 0.352 e. The van der Waals surface area contributed by atoms with E-state index in [0.717, 1.165) is 0 Å². The molecule has 34 heavy (non-hydrogen) atoms. The van der Waals surface area contributed by atoms with Crippen molar-refractivity contribution in [3.05, 3.63) is 73.5 Å². The lowest BCUT2D eigenvalue weighted by Crippen LogP contribution is -2.26. The number of aromatic nitrogens is 3. The number of non-ortho nitro benzene ring substituents is 1. The van der Waals surface area contributed by atoms with Crippen molar-refractivity contribution in [1.82, 2.24) is 20.1 Å². The molecule has 3 rings (SSSR count). The number of nitrogens with one attached hydrogen (secondary N) is 2. The van der Waals surface area contributed by atoms with Gasteiger partial charge in [0.1, 0.15) is 5.82 Å². The van der Waals surface area contributed by atoms with E-state index in [1.54, 1.807) is 36.7 Å². The van der Waals surface area contributed by atoms with Crippen LogP contribution in [0.1, 0.15) is 21.7 Å². The zero-order chi connectivity index (χ0) is 24.8. The molecular weight excluding hydrogens is 503 g/mol. The van der Waals surface area contributed by atoms with Crippen molar-refractivity contribution in [2.45, 2.75) is 18.5 Å². The number of benzene rings is 2. The van der Waals surface area contributed by atoms with Crippen LogP contribution in [0.2, 0.25) is 10.0 Å². The second-order valence-electron chi connectivity index (χ2n) is 7.19. The topological polar surface area (TPSA) is 132 Å². The van der Waals surface area contributed by atoms with Crippen molar-refractivity contribution < 1.29 is 14.5 Å². The molecule has 0 aliphatic heterocycles. The maximum Gasteiger partial charge on any atom is 0.271 e. The minimum absolute atomic E-state index is 0.0438. The van der Waals surface area contributed by atoms with Gasteiger partial charge in [-0.1, -0.05) is 41.0 Å². The van der Waals surface area contributed by atoms with Gasteiger partial charge in [0.25, 0.3) is 11.6 Å². The van der Waals surface area contributed by atoms with Crippen molar-refractivity contribution in [1.29, 1.82) is 0 Å². The smallest absolute Gasteiger partial charge is 0.271 e. The summed E-state index contributed by atoms with van der Waals surface area (Å²) in [4.78, 5) is 35.0. The molecule has 1 heterocycles. The third-order valence-electron chi connectivity index (χ3n) is 4.78. The molecule has 0 fully saturated rings. The highest BCUT2D eigenvalue weighted by Gasteiger charge is 2.15. The first kappa shape index (κ1) is 25.5. The Kier molecular flexibility index (Phi) is 8.48. The van der Waals surface area contributed by atoms with Crippen LogP contribution in [0.25, 0.3) is 0 Å². The first-order chi connectivity index (χ1) is 16.2. The van der Waals surface area contributed by atoms with E-state index < -0.39 is 4.92 Å². The standard InChI is InChI=1S/C21H20Cl2N6O4S/c1-12-3-5-14(29(32)33)10-17(12)25-19(30)11-34-21-27-26-18(28(21)2)7-8-24-20(31)13-4-6-15(22)16(23)9-13/h3-6,9-10H,7-8,11H2,1-2H3,(H,24,31)(H,25,30). The van der Waals surface area contributed by atoms with E-state index >= 15 is 0 Å². The van der Waals surface area contributed by atoms with Crippen LogP contribution in [0.4, 0.5) is 11.4 Å². The maximum atomic E-state index is 12.3. The number of thioether (sulfide) groups is 1. The number of carbonyl (C=O) groups excluding carboxylic acids is 2. The summed E-state index contributed by atoms with van der Waals surface area (Å²) < 4.78 is 1.74. The summed E-state index contributed by atoms with van der Waals surface area (Å²) in [7, 11) is 1.76. The molecule has 0 saturated carbocycles. The molecule has 0 bridgehead atoms.